The molecule has 7 nitrogen and oxygen atoms in total. The molecule has 0 aliphatic carbocycles. The number of hydrogen-bond acceptors (Lipinski definition) is 7. The van der Waals surface area contributed by atoms with Crippen LogP contribution >= 0.6 is 0 Å². The van der Waals surface area contributed by atoms with E-state index in [1.807, 2.05) is 24.3 Å². The van der Waals surface area contributed by atoms with Crippen LogP contribution < -0.4 is 4.74 Å². The maximum atomic E-state index is 9.43. The van der Waals surface area contributed by atoms with Gasteiger partial charge in [0.25, 0.3) is 0 Å². The van der Waals surface area contributed by atoms with Gasteiger partial charge >= 0.3 is 0 Å². The van der Waals surface area contributed by atoms with Gasteiger partial charge in [-0.3, -0.25) is 0 Å². The van der Waals surface area contributed by atoms with Crippen LogP contribution in [0.25, 0.3) is 0 Å². The number of rotatable bonds is 13. The average molecular weight is 330 g/mol. The minimum absolute atomic E-state index is 0.0660. The molecule has 7 heteroatoms. The summed E-state index contributed by atoms with van der Waals surface area (Å²) in [6.07, 6.45) is -1.02. The molecule has 0 aliphatic heterocycles. The molecule has 0 spiro atoms. The monoisotopic (exact) mass is 330 g/mol. The minimum Gasteiger partial charge on any atom is -0.497 e. The molecular formula is C16H26O7. The topological polar surface area (TPSA) is 75.6 Å². The first kappa shape index (κ1) is 19.8. The predicted molar refractivity (Wildman–Crippen MR) is 83.2 cm³/mol. The normalized spacial score (nSPS) is 13.7. The van der Waals surface area contributed by atoms with Crippen LogP contribution in [0.15, 0.2) is 24.3 Å². The SMILES string of the molecule is COCO[C@H](CO)[C@@H](COCc1ccc(OC)cc1)OCOC. The second kappa shape index (κ2) is 12.2. The first-order valence-electron chi connectivity index (χ1n) is 7.27. The summed E-state index contributed by atoms with van der Waals surface area (Å²) < 4.78 is 31.4. The van der Waals surface area contributed by atoms with Crippen LogP contribution in [0, 0.1) is 0 Å². The highest BCUT2D eigenvalue weighted by Gasteiger charge is 2.23. The zero-order valence-corrected chi connectivity index (χ0v) is 13.9. The van der Waals surface area contributed by atoms with Crippen molar-refractivity contribution in [1.29, 1.82) is 0 Å². The van der Waals surface area contributed by atoms with E-state index < -0.39 is 12.2 Å². The van der Waals surface area contributed by atoms with Crippen molar-refractivity contribution in [3.8, 4) is 5.75 Å². The van der Waals surface area contributed by atoms with Gasteiger partial charge in [-0.2, -0.15) is 0 Å². The summed E-state index contributed by atoms with van der Waals surface area (Å²) in [5.41, 5.74) is 1.01. The van der Waals surface area contributed by atoms with Crippen molar-refractivity contribution in [1.82, 2.24) is 0 Å². The predicted octanol–water partition coefficient (Wildman–Crippen LogP) is 1.18. The molecule has 0 saturated heterocycles. The summed E-state index contributed by atoms with van der Waals surface area (Å²) in [4.78, 5) is 0. The zero-order chi connectivity index (χ0) is 16.9. The molecule has 1 N–H and O–H groups in total. The Morgan fingerprint density at radius 1 is 0.913 bits per heavy atom. The Bertz CT molecular complexity index is 396. The third kappa shape index (κ3) is 7.74. The Kier molecular flexibility index (Phi) is 10.5. The average Bonchev–Trinajstić information content (AvgIpc) is 2.60. The van der Waals surface area contributed by atoms with Gasteiger partial charge in [0.15, 0.2) is 0 Å². The molecule has 0 bridgehead atoms. The smallest absolute Gasteiger partial charge is 0.146 e. The molecule has 132 valence electrons. The molecular weight excluding hydrogens is 304 g/mol. The van der Waals surface area contributed by atoms with Gasteiger partial charge in [-0.25, -0.2) is 0 Å². The Labute approximate surface area is 137 Å². The van der Waals surface area contributed by atoms with Crippen molar-refractivity contribution >= 4 is 0 Å². The lowest BCUT2D eigenvalue weighted by Crippen LogP contribution is -2.39. The first-order valence-corrected chi connectivity index (χ1v) is 7.27. The third-order valence-corrected chi connectivity index (χ3v) is 3.10. The van der Waals surface area contributed by atoms with Crippen LogP contribution in [0.3, 0.4) is 0 Å². The fourth-order valence-electron chi connectivity index (χ4n) is 1.87. The summed E-state index contributed by atoms with van der Waals surface area (Å²) in [6, 6.07) is 7.59. The Hall–Kier alpha value is -1.22. The third-order valence-electron chi connectivity index (χ3n) is 3.10. The fourth-order valence-corrected chi connectivity index (χ4v) is 1.87. The zero-order valence-electron chi connectivity index (χ0n) is 13.9. The van der Waals surface area contributed by atoms with Crippen molar-refractivity contribution in [2.24, 2.45) is 0 Å². The van der Waals surface area contributed by atoms with E-state index in [0.717, 1.165) is 11.3 Å². The van der Waals surface area contributed by atoms with E-state index in [1.165, 1.54) is 14.2 Å². The van der Waals surface area contributed by atoms with Crippen molar-refractivity contribution in [2.45, 2.75) is 18.8 Å². The summed E-state index contributed by atoms with van der Waals surface area (Å²) in [7, 11) is 4.66. The van der Waals surface area contributed by atoms with Crippen molar-refractivity contribution in [3.05, 3.63) is 29.8 Å². The molecule has 0 saturated carbocycles. The maximum Gasteiger partial charge on any atom is 0.146 e. The van der Waals surface area contributed by atoms with E-state index in [9.17, 15) is 5.11 Å². The lowest BCUT2D eigenvalue weighted by atomic mass is 10.2. The quantitative estimate of drug-likeness (QED) is 0.544. The summed E-state index contributed by atoms with van der Waals surface area (Å²) in [6.45, 7) is 0.618. The summed E-state index contributed by atoms with van der Waals surface area (Å²) in [5.74, 6) is 0.795. The Morgan fingerprint density at radius 2 is 1.52 bits per heavy atom. The number of methoxy groups -OCH3 is 3. The number of benzene rings is 1. The van der Waals surface area contributed by atoms with Crippen LogP contribution in [0.2, 0.25) is 0 Å². The summed E-state index contributed by atoms with van der Waals surface area (Å²) in [5, 5.41) is 9.43. The van der Waals surface area contributed by atoms with Crippen molar-refractivity contribution < 1.29 is 33.5 Å². The van der Waals surface area contributed by atoms with E-state index in [1.54, 1.807) is 7.11 Å². The molecule has 23 heavy (non-hydrogen) atoms. The second-order valence-corrected chi connectivity index (χ2v) is 4.77. The highest BCUT2D eigenvalue weighted by Crippen LogP contribution is 2.13. The Morgan fingerprint density at radius 3 is 2.04 bits per heavy atom. The molecule has 1 aromatic carbocycles. The molecule has 0 amide bonds. The first-order chi connectivity index (χ1) is 11.2. The number of aliphatic hydroxyl groups excluding tert-OH is 1. The highest BCUT2D eigenvalue weighted by atomic mass is 16.7. The summed E-state index contributed by atoms with van der Waals surface area (Å²) >= 11 is 0. The molecule has 0 aromatic heterocycles. The Balaban J connectivity index is 2.47. The van der Waals surface area contributed by atoms with Crippen LogP contribution in [-0.2, 0) is 30.3 Å². The van der Waals surface area contributed by atoms with Crippen molar-refractivity contribution in [2.75, 3.05) is 48.1 Å². The van der Waals surface area contributed by atoms with Crippen LogP contribution in [-0.4, -0.2) is 65.4 Å². The molecule has 1 rings (SSSR count). The lowest BCUT2D eigenvalue weighted by Gasteiger charge is -2.25. The van der Waals surface area contributed by atoms with Crippen LogP contribution in [0.5, 0.6) is 5.75 Å². The van der Waals surface area contributed by atoms with Gasteiger partial charge in [-0.05, 0) is 17.7 Å². The van der Waals surface area contributed by atoms with E-state index in [0.29, 0.717) is 6.61 Å². The molecule has 0 heterocycles. The molecule has 2 atom stereocenters. The molecule has 0 unspecified atom stereocenters. The second-order valence-electron chi connectivity index (χ2n) is 4.77. The van der Waals surface area contributed by atoms with Crippen molar-refractivity contribution in [3.63, 3.8) is 0 Å². The molecule has 0 fully saturated rings. The van der Waals surface area contributed by atoms with Gasteiger partial charge in [0.05, 0.1) is 26.9 Å². The number of hydrogen-bond donors (Lipinski definition) is 1. The van der Waals surface area contributed by atoms with Crippen LogP contribution in [0.1, 0.15) is 5.56 Å². The molecule has 1 aromatic rings. The van der Waals surface area contributed by atoms with E-state index in [4.69, 9.17) is 28.4 Å². The van der Waals surface area contributed by atoms with Gasteiger partial charge in [0, 0.05) is 14.2 Å². The fraction of sp³-hybridized carbons (Fsp3) is 0.625. The molecule has 0 radical (unpaired) electrons. The molecule has 0 aliphatic rings. The largest absolute Gasteiger partial charge is 0.497 e. The van der Waals surface area contributed by atoms with E-state index >= 15 is 0 Å². The van der Waals surface area contributed by atoms with E-state index in [-0.39, 0.29) is 26.8 Å². The van der Waals surface area contributed by atoms with Gasteiger partial charge in [-0.15, -0.1) is 0 Å². The lowest BCUT2D eigenvalue weighted by molar-refractivity contribution is -0.182. The van der Waals surface area contributed by atoms with E-state index in [2.05, 4.69) is 0 Å². The van der Waals surface area contributed by atoms with Gasteiger partial charge in [0.1, 0.15) is 31.5 Å². The highest BCUT2D eigenvalue weighted by molar-refractivity contribution is 5.26. The number of ether oxygens (including phenoxy) is 6. The van der Waals surface area contributed by atoms with Gasteiger partial charge in [0.2, 0.25) is 0 Å². The van der Waals surface area contributed by atoms with Crippen LogP contribution in [0.4, 0.5) is 0 Å². The standard InChI is InChI=1S/C16H26O7/c1-18-11-22-15(8-17)16(23-12-19-2)10-21-9-13-4-6-14(20-3)7-5-13/h4-7,15-17H,8-12H2,1-3H3/t15-,16-/m1/s1. The number of aliphatic hydroxyl groups is 1. The van der Waals surface area contributed by atoms with Gasteiger partial charge in [-0.1, -0.05) is 12.1 Å². The maximum absolute atomic E-state index is 9.43. The minimum atomic E-state index is -0.555. The van der Waals surface area contributed by atoms with Gasteiger partial charge < -0.3 is 33.5 Å².